The molecule has 0 radical (unpaired) electrons. The average molecular weight is 316 g/mol. The topological polar surface area (TPSA) is 63.0 Å². The summed E-state index contributed by atoms with van der Waals surface area (Å²) in [7, 11) is -0.501. The quantitative estimate of drug-likeness (QED) is 0.760. The molecule has 1 aliphatic heterocycles. The van der Waals surface area contributed by atoms with Crippen molar-refractivity contribution in [1.29, 1.82) is 0 Å². The van der Waals surface area contributed by atoms with Gasteiger partial charge in [-0.15, -0.1) is 0 Å². The Labute approximate surface area is 126 Å². The molecule has 0 unspecified atom stereocenters. The van der Waals surface area contributed by atoms with E-state index in [1.165, 1.54) is 20.2 Å². The van der Waals surface area contributed by atoms with Gasteiger partial charge in [0, 0.05) is 27.2 Å². The predicted molar refractivity (Wildman–Crippen MR) is 79.5 cm³/mol. The molecule has 0 bridgehead atoms. The minimum Gasteiger partial charge on any atom is -0.447 e. The lowest BCUT2D eigenvalue weighted by molar-refractivity contribution is 0.162. The first-order valence-electron chi connectivity index (χ1n) is 7.24. The number of ether oxygens (including phenoxy) is 1. The first-order chi connectivity index (χ1) is 9.93. The van der Waals surface area contributed by atoms with Crippen LogP contribution in [0.5, 0.6) is 0 Å². The van der Waals surface area contributed by atoms with Gasteiger partial charge in [-0.2, -0.15) is 0 Å². The Balaban J connectivity index is 2.00. The lowest BCUT2D eigenvalue weighted by Crippen LogP contribution is -2.29. The second kappa shape index (κ2) is 6.91. The van der Waals surface area contributed by atoms with E-state index in [0.717, 1.165) is 37.0 Å². The van der Waals surface area contributed by atoms with Crippen molar-refractivity contribution in [1.82, 2.24) is 9.21 Å². The predicted octanol–water partition coefficient (Wildman–Crippen LogP) is 1.39. The van der Waals surface area contributed by atoms with E-state index in [1.54, 1.807) is 6.07 Å². The number of rotatable bonds is 7. The van der Waals surface area contributed by atoms with Gasteiger partial charge < -0.3 is 9.15 Å². The summed E-state index contributed by atoms with van der Waals surface area (Å²) in [5.41, 5.74) is 0. The summed E-state index contributed by atoms with van der Waals surface area (Å²) in [5.74, 6) is 1.24. The van der Waals surface area contributed by atoms with Gasteiger partial charge in [-0.05, 0) is 31.0 Å². The maximum Gasteiger partial charge on any atom is 0.275 e. The van der Waals surface area contributed by atoms with Gasteiger partial charge in [0.05, 0.1) is 13.2 Å². The van der Waals surface area contributed by atoms with Crippen LogP contribution in [0.4, 0.5) is 0 Å². The van der Waals surface area contributed by atoms with Gasteiger partial charge in [-0.25, -0.2) is 12.7 Å². The average Bonchev–Trinajstić information content (AvgIpc) is 3.09. The van der Waals surface area contributed by atoms with Crippen molar-refractivity contribution in [3.8, 4) is 0 Å². The SMILES string of the molecule is CCN(Cc1ccc(S(=O)(=O)N(C)C)o1)C[C@@H]1CCOC1. The third-order valence-corrected chi connectivity index (χ3v) is 5.43. The fourth-order valence-corrected chi connectivity index (χ4v) is 3.19. The molecule has 0 aromatic carbocycles. The second-order valence-corrected chi connectivity index (χ2v) is 7.65. The van der Waals surface area contributed by atoms with Crippen molar-refractivity contribution in [3.05, 3.63) is 17.9 Å². The van der Waals surface area contributed by atoms with Crippen LogP contribution in [0.25, 0.3) is 0 Å². The Morgan fingerprint density at radius 3 is 2.67 bits per heavy atom. The molecule has 0 saturated carbocycles. The van der Waals surface area contributed by atoms with Crippen LogP contribution in [0.2, 0.25) is 0 Å². The first-order valence-corrected chi connectivity index (χ1v) is 8.68. The van der Waals surface area contributed by atoms with Crippen molar-refractivity contribution in [2.24, 2.45) is 5.92 Å². The molecule has 2 heterocycles. The standard InChI is InChI=1S/C14H24N2O4S/c1-4-16(9-12-7-8-19-11-12)10-13-5-6-14(20-13)21(17,18)15(2)3/h5-6,12H,4,7-11H2,1-3H3/t12-/m0/s1. The highest BCUT2D eigenvalue weighted by atomic mass is 32.2. The Hall–Kier alpha value is -0.890. The van der Waals surface area contributed by atoms with E-state index >= 15 is 0 Å². The van der Waals surface area contributed by atoms with Crippen LogP contribution in [0.3, 0.4) is 0 Å². The van der Waals surface area contributed by atoms with Crippen LogP contribution >= 0.6 is 0 Å². The van der Waals surface area contributed by atoms with Gasteiger partial charge in [0.1, 0.15) is 5.76 Å². The Bertz CT molecular complexity index is 547. The summed E-state index contributed by atoms with van der Waals surface area (Å²) in [6, 6.07) is 3.27. The Kier molecular flexibility index (Phi) is 5.43. The van der Waals surface area contributed by atoms with E-state index in [-0.39, 0.29) is 5.09 Å². The van der Waals surface area contributed by atoms with E-state index in [0.29, 0.717) is 18.2 Å². The van der Waals surface area contributed by atoms with Gasteiger partial charge in [0.25, 0.3) is 10.0 Å². The minimum atomic E-state index is -3.49. The maximum atomic E-state index is 12.0. The molecular formula is C14H24N2O4S. The highest BCUT2D eigenvalue weighted by molar-refractivity contribution is 7.88. The molecule has 1 fully saturated rings. The smallest absolute Gasteiger partial charge is 0.275 e. The Morgan fingerprint density at radius 1 is 1.33 bits per heavy atom. The van der Waals surface area contributed by atoms with Gasteiger partial charge >= 0.3 is 0 Å². The van der Waals surface area contributed by atoms with Gasteiger partial charge in [0.2, 0.25) is 5.09 Å². The van der Waals surface area contributed by atoms with Crippen LogP contribution < -0.4 is 0 Å². The fraction of sp³-hybridized carbons (Fsp3) is 0.714. The molecule has 6 nitrogen and oxygen atoms in total. The molecule has 2 rings (SSSR count). The molecule has 21 heavy (non-hydrogen) atoms. The molecule has 0 spiro atoms. The molecule has 1 aromatic heterocycles. The van der Waals surface area contributed by atoms with Crippen molar-refractivity contribution in [3.63, 3.8) is 0 Å². The lowest BCUT2D eigenvalue weighted by atomic mass is 10.1. The maximum absolute atomic E-state index is 12.0. The molecule has 1 atom stereocenters. The molecule has 0 amide bonds. The van der Waals surface area contributed by atoms with E-state index in [1.807, 2.05) is 0 Å². The summed E-state index contributed by atoms with van der Waals surface area (Å²) in [5, 5.41) is 0.00255. The third kappa shape index (κ3) is 4.06. The number of hydrogen-bond donors (Lipinski definition) is 0. The van der Waals surface area contributed by atoms with Crippen LogP contribution in [0, 0.1) is 5.92 Å². The second-order valence-electron chi connectivity index (χ2n) is 5.57. The van der Waals surface area contributed by atoms with Crippen LogP contribution in [0.15, 0.2) is 21.6 Å². The van der Waals surface area contributed by atoms with Gasteiger partial charge in [-0.3, -0.25) is 4.90 Å². The summed E-state index contributed by atoms with van der Waals surface area (Å²) in [6.07, 6.45) is 1.09. The fourth-order valence-electron chi connectivity index (χ4n) is 2.38. The van der Waals surface area contributed by atoms with E-state index in [2.05, 4.69) is 11.8 Å². The highest BCUT2D eigenvalue weighted by Crippen LogP contribution is 2.20. The molecule has 1 aromatic rings. The molecule has 0 aliphatic carbocycles. The van der Waals surface area contributed by atoms with Crippen molar-refractivity contribution in [2.75, 3.05) is 40.4 Å². The molecule has 0 N–H and O–H groups in total. The summed E-state index contributed by atoms with van der Waals surface area (Å²) < 4.78 is 36.0. The van der Waals surface area contributed by atoms with Crippen molar-refractivity contribution in [2.45, 2.75) is 25.0 Å². The number of furan rings is 1. The summed E-state index contributed by atoms with van der Waals surface area (Å²) in [6.45, 7) is 6.22. The van der Waals surface area contributed by atoms with Crippen LogP contribution in [0.1, 0.15) is 19.1 Å². The van der Waals surface area contributed by atoms with Crippen LogP contribution in [-0.4, -0.2) is 58.0 Å². The van der Waals surface area contributed by atoms with Gasteiger partial charge in [-0.1, -0.05) is 6.92 Å². The highest BCUT2D eigenvalue weighted by Gasteiger charge is 2.23. The van der Waals surface area contributed by atoms with E-state index in [4.69, 9.17) is 9.15 Å². The largest absolute Gasteiger partial charge is 0.447 e. The number of hydrogen-bond acceptors (Lipinski definition) is 5. The summed E-state index contributed by atoms with van der Waals surface area (Å²) in [4.78, 5) is 2.25. The van der Waals surface area contributed by atoms with Crippen molar-refractivity contribution < 1.29 is 17.6 Å². The Morgan fingerprint density at radius 2 is 2.10 bits per heavy atom. The zero-order valence-electron chi connectivity index (χ0n) is 12.9. The van der Waals surface area contributed by atoms with Crippen LogP contribution in [-0.2, 0) is 21.3 Å². The van der Waals surface area contributed by atoms with E-state index < -0.39 is 10.0 Å². The normalized spacial score (nSPS) is 19.8. The zero-order valence-corrected chi connectivity index (χ0v) is 13.7. The molecule has 1 saturated heterocycles. The molecule has 7 heteroatoms. The molecule has 120 valence electrons. The van der Waals surface area contributed by atoms with Crippen molar-refractivity contribution >= 4 is 10.0 Å². The van der Waals surface area contributed by atoms with Gasteiger partial charge in [0.15, 0.2) is 0 Å². The van der Waals surface area contributed by atoms with E-state index in [9.17, 15) is 8.42 Å². The lowest BCUT2D eigenvalue weighted by Gasteiger charge is -2.22. The number of nitrogens with zero attached hydrogens (tertiary/aromatic N) is 2. The minimum absolute atomic E-state index is 0.00255. The monoisotopic (exact) mass is 316 g/mol. The first kappa shape index (κ1) is 16.5. The number of sulfonamides is 1. The third-order valence-electron chi connectivity index (χ3n) is 3.74. The molecule has 1 aliphatic rings. The zero-order chi connectivity index (χ0) is 15.5. The summed E-state index contributed by atoms with van der Waals surface area (Å²) >= 11 is 0. The molecular weight excluding hydrogens is 292 g/mol.